The van der Waals surface area contributed by atoms with E-state index in [9.17, 15) is 4.79 Å². The molecular weight excluding hydrogens is 548 g/mol. The molecule has 2 aliphatic rings. The zero-order chi connectivity index (χ0) is 29.3. The van der Waals surface area contributed by atoms with Gasteiger partial charge in [-0.2, -0.15) is 4.98 Å². The Bertz CT molecular complexity index is 1370. The van der Waals surface area contributed by atoms with Crippen LogP contribution in [0.4, 0.5) is 5.95 Å². The van der Waals surface area contributed by atoms with E-state index in [-0.39, 0.29) is 12.1 Å². The number of hydrogen-bond acceptors (Lipinski definition) is 8. The molecule has 1 unspecified atom stereocenters. The van der Waals surface area contributed by atoms with Crippen LogP contribution in [-0.2, 0) is 15.3 Å². The molecule has 2 heterocycles. The van der Waals surface area contributed by atoms with Gasteiger partial charge in [0.2, 0.25) is 11.1 Å². The minimum absolute atomic E-state index is 0.0562. The van der Waals surface area contributed by atoms with Crippen molar-refractivity contribution in [2.24, 2.45) is 0 Å². The summed E-state index contributed by atoms with van der Waals surface area (Å²) in [5, 5.41) is 8.85. The topological polar surface area (TPSA) is 87.5 Å². The summed E-state index contributed by atoms with van der Waals surface area (Å²) in [5.41, 5.74) is 3.30. The molecule has 9 heteroatoms. The van der Waals surface area contributed by atoms with Gasteiger partial charge in [-0.25, -0.2) is 9.48 Å². The van der Waals surface area contributed by atoms with Crippen LogP contribution in [0.25, 0.3) is 0 Å². The lowest BCUT2D eigenvalue weighted by Crippen LogP contribution is -2.32. The van der Waals surface area contributed by atoms with E-state index in [1.807, 2.05) is 43.3 Å². The van der Waals surface area contributed by atoms with E-state index in [2.05, 4.69) is 24.4 Å². The van der Waals surface area contributed by atoms with Gasteiger partial charge in [0.05, 0.1) is 19.3 Å². The third-order valence-corrected chi connectivity index (χ3v) is 8.76. The summed E-state index contributed by atoms with van der Waals surface area (Å²) in [6.45, 7) is 4.74. The third kappa shape index (κ3) is 7.30. The van der Waals surface area contributed by atoms with Crippen LogP contribution in [0.1, 0.15) is 88.8 Å². The quantitative estimate of drug-likeness (QED) is 0.123. The number of unbranched alkanes of at least 4 members (excludes halogenated alkanes) is 3. The second-order valence-corrected chi connectivity index (χ2v) is 11.9. The normalized spacial score (nSPS) is 17.0. The maximum atomic E-state index is 13.8. The Morgan fingerprint density at radius 3 is 2.62 bits per heavy atom. The molecule has 0 amide bonds. The van der Waals surface area contributed by atoms with Crippen molar-refractivity contribution >= 4 is 23.7 Å². The minimum Gasteiger partial charge on any atom is -0.493 e. The minimum atomic E-state index is -0.525. The summed E-state index contributed by atoms with van der Waals surface area (Å²) < 4.78 is 19.7. The Kier molecular flexibility index (Phi) is 10.5. The molecule has 2 aromatic carbocycles. The highest BCUT2D eigenvalue weighted by atomic mass is 32.2. The van der Waals surface area contributed by atoms with Crippen molar-refractivity contribution in [3.8, 4) is 11.5 Å². The van der Waals surface area contributed by atoms with Crippen LogP contribution in [-0.4, -0.2) is 40.6 Å². The lowest BCUT2D eigenvalue weighted by atomic mass is 9.94. The number of carbonyl (C=O) groups is 1. The maximum absolute atomic E-state index is 13.8. The fourth-order valence-corrected chi connectivity index (χ4v) is 6.35. The van der Waals surface area contributed by atoms with Gasteiger partial charge in [0.1, 0.15) is 12.1 Å². The fourth-order valence-electron chi connectivity index (χ4n) is 5.57. The van der Waals surface area contributed by atoms with Crippen LogP contribution in [0.15, 0.2) is 65.0 Å². The first kappa shape index (κ1) is 30.0. The molecule has 1 saturated carbocycles. The first-order chi connectivity index (χ1) is 20.6. The van der Waals surface area contributed by atoms with Crippen molar-refractivity contribution in [3.63, 3.8) is 0 Å². The molecule has 0 bridgehead atoms. The van der Waals surface area contributed by atoms with Crippen LogP contribution >= 0.6 is 11.8 Å². The number of carbonyl (C=O) groups excluding carboxylic acids is 1. The number of fused-ring (bicyclic) bond motifs is 1. The van der Waals surface area contributed by atoms with Gasteiger partial charge in [0.25, 0.3) is 0 Å². The Balaban J connectivity index is 1.44. The zero-order valence-corrected chi connectivity index (χ0v) is 25.8. The van der Waals surface area contributed by atoms with Crippen molar-refractivity contribution in [3.05, 3.63) is 70.9 Å². The van der Waals surface area contributed by atoms with Crippen molar-refractivity contribution in [2.75, 3.05) is 19.0 Å². The van der Waals surface area contributed by atoms with Gasteiger partial charge in [-0.3, -0.25) is 0 Å². The number of aromatic nitrogens is 3. The Hall–Kier alpha value is -3.46. The molecule has 0 saturated heterocycles. The lowest BCUT2D eigenvalue weighted by Gasteiger charge is -2.30. The largest absolute Gasteiger partial charge is 0.493 e. The predicted octanol–water partition coefficient (Wildman–Crippen LogP) is 7.70. The van der Waals surface area contributed by atoms with Gasteiger partial charge in [-0.1, -0.05) is 80.8 Å². The zero-order valence-electron chi connectivity index (χ0n) is 24.9. The van der Waals surface area contributed by atoms with Crippen molar-refractivity contribution in [1.82, 2.24) is 14.8 Å². The van der Waals surface area contributed by atoms with Crippen molar-refractivity contribution in [2.45, 2.75) is 94.7 Å². The van der Waals surface area contributed by atoms with Gasteiger partial charge >= 0.3 is 5.97 Å². The Labute approximate surface area is 253 Å². The first-order valence-electron chi connectivity index (χ1n) is 15.2. The van der Waals surface area contributed by atoms with Crippen LogP contribution in [0.2, 0.25) is 0 Å². The van der Waals surface area contributed by atoms with Gasteiger partial charge < -0.3 is 19.5 Å². The van der Waals surface area contributed by atoms with E-state index in [0.29, 0.717) is 34.8 Å². The predicted molar refractivity (Wildman–Crippen MR) is 166 cm³/mol. The van der Waals surface area contributed by atoms with E-state index in [0.717, 1.165) is 55.5 Å². The number of hydrogen-bond donors (Lipinski definition) is 1. The molecule has 1 N–H and O–H groups in total. The van der Waals surface area contributed by atoms with E-state index in [1.165, 1.54) is 24.8 Å². The van der Waals surface area contributed by atoms with Gasteiger partial charge in [-0.15, -0.1) is 5.10 Å². The number of rotatable bonds is 13. The SMILES string of the molecule is CCCCCCOc1ccc(C2C(C(=O)OC3CCCCC3)=C(C)Nc3nc(SCc4ccccc4)nn32)cc1OC. The average molecular weight is 591 g/mol. The average Bonchev–Trinajstić information content (AvgIpc) is 3.42. The highest BCUT2D eigenvalue weighted by molar-refractivity contribution is 7.98. The van der Waals surface area contributed by atoms with E-state index in [1.54, 1.807) is 23.6 Å². The molecular formula is C33H42N4O4S. The van der Waals surface area contributed by atoms with Gasteiger partial charge in [-0.05, 0) is 62.3 Å². The molecule has 1 aliphatic carbocycles. The number of esters is 1. The van der Waals surface area contributed by atoms with E-state index >= 15 is 0 Å². The number of methoxy groups -OCH3 is 1. The monoisotopic (exact) mass is 590 g/mol. The number of ether oxygens (including phenoxy) is 3. The molecule has 1 aliphatic heterocycles. The smallest absolute Gasteiger partial charge is 0.338 e. The third-order valence-electron chi connectivity index (χ3n) is 7.85. The Morgan fingerprint density at radius 1 is 1.05 bits per heavy atom. The van der Waals surface area contributed by atoms with Crippen LogP contribution < -0.4 is 14.8 Å². The van der Waals surface area contributed by atoms with Crippen molar-refractivity contribution in [1.29, 1.82) is 0 Å². The fraction of sp³-hybridized carbons (Fsp3) is 0.485. The van der Waals surface area contributed by atoms with Crippen molar-refractivity contribution < 1.29 is 19.0 Å². The highest BCUT2D eigenvalue weighted by Crippen LogP contribution is 2.40. The summed E-state index contributed by atoms with van der Waals surface area (Å²) in [5.74, 6) is 2.34. The molecule has 5 rings (SSSR count). The number of anilines is 1. The molecule has 1 aromatic heterocycles. The number of nitrogens with zero attached hydrogens (tertiary/aromatic N) is 3. The first-order valence-corrected chi connectivity index (χ1v) is 16.2. The summed E-state index contributed by atoms with van der Waals surface area (Å²) >= 11 is 1.57. The van der Waals surface area contributed by atoms with Crippen LogP contribution in [0.5, 0.6) is 11.5 Å². The highest BCUT2D eigenvalue weighted by Gasteiger charge is 2.37. The second-order valence-electron chi connectivity index (χ2n) is 11.0. The molecule has 8 nitrogen and oxygen atoms in total. The number of benzene rings is 2. The van der Waals surface area contributed by atoms with E-state index in [4.69, 9.17) is 24.3 Å². The molecule has 0 spiro atoms. The second kappa shape index (κ2) is 14.6. The summed E-state index contributed by atoms with van der Waals surface area (Å²) in [6.07, 6.45) is 9.65. The van der Waals surface area contributed by atoms with Crippen LogP contribution in [0, 0.1) is 0 Å². The standard InChI is InChI=1S/C33H42N4O4S/c1-4-5-6-13-20-40-27-19-18-25(21-28(27)39-3)30-29(31(38)41-26-16-11-8-12-17-26)23(2)34-32-35-33(36-37(30)32)42-22-24-14-9-7-10-15-24/h7,9-10,14-15,18-19,21,26,30H,4-6,8,11-13,16-17,20,22H2,1-3H3,(H,34,35,36). The number of nitrogens with one attached hydrogen (secondary N) is 1. The van der Waals surface area contributed by atoms with Gasteiger partial charge in [0.15, 0.2) is 11.5 Å². The van der Waals surface area contributed by atoms with Gasteiger partial charge in [0, 0.05) is 11.4 Å². The molecule has 3 aromatic rings. The molecule has 1 fully saturated rings. The molecule has 0 radical (unpaired) electrons. The number of allylic oxidation sites excluding steroid dienone is 1. The van der Waals surface area contributed by atoms with Crippen LogP contribution in [0.3, 0.4) is 0 Å². The molecule has 1 atom stereocenters. The summed E-state index contributed by atoms with van der Waals surface area (Å²) in [6, 6.07) is 15.6. The molecule has 42 heavy (non-hydrogen) atoms. The Morgan fingerprint density at radius 2 is 1.86 bits per heavy atom. The maximum Gasteiger partial charge on any atom is 0.338 e. The molecule has 224 valence electrons. The summed E-state index contributed by atoms with van der Waals surface area (Å²) in [4.78, 5) is 18.6. The number of thioether (sulfide) groups is 1. The lowest BCUT2D eigenvalue weighted by molar-refractivity contribution is -0.146. The van der Waals surface area contributed by atoms with E-state index < -0.39 is 6.04 Å². The summed E-state index contributed by atoms with van der Waals surface area (Å²) in [7, 11) is 1.64.